The summed E-state index contributed by atoms with van der Waals surface area (Å²) in [5.74, 6) is 1.12. The van der Waals surface area contributed by atoms with E-state index in [0.717, 1.165) is 19.0 Å². The highest BCUT2D eigenvalue weighted by Crippen LogP contribution is 2.19. The van der Waals surface area contributed by atoms with Gasteiger partial charge >= 0.3 is 0 Å². The molecule has 0 radical (unpaired) electrons. The van der Waals surface area contributed by atoms with Crippen LogP contribution in [0.15, 0.2) is 24.3 Å². The van der Waals surface area contributed by atoms with Crippen molar-refractivity contribution in [2.24, 2.45) is 5.92 Å². The first-order chi connectivity index (χ1) is 9.13. The van der Waals surface area contributed by atoms with Gasteiger partial charge in [-0.15, -0.1) is 0 Å². The van der Waals surface area contributed by atoms with E-state index < -0.39 is 0 Å². The van der Waals surface area contributed by atoms with Gasteiger partial charge in [-0.05, 0) is 49.5 Å². The zero-order valence-corrected chi connectivity index (χ0v) is 12.1. The Balaban J connectivity index is 1.82. The van der Waals surface area contributed by atoms with Crippen LogP contribution < -0.4 is 5.32 Å². The van der Waals surface area contributed by atoms with Crippen LogP contribution in [0.2, 0.25) is 0 Å². The molecule has 0 spiro atoms. The summed E-state index contributed by atoms with van der Waals surface area (Å²) in [5, 5.41) is 12.9. The quantitative estimate of drug-likeness (QED) is 0.856. The minimum Gasteiger partial charge on any atom is -0.508 e. The molecule has 1 saturated heterocycles. The molecule has 3 heteroatoms. The number of hydrogen-bond donors (Lipinski definition) is 2. The Morgan fingerprint density at radius 3 is 2.74 bits per heavy atom. The van der Waals surface area contributed by atoms with Gasteiger partial charge in [-0.2, -0.15) is 0 Å². The molecule has 1 aromatic rings. The first-order valence-corrected chi connectivity index (χ1v) is 7.37. The maximum atomic E-state index is 9.30. The van der Waals surface area contributed by atoms with E-state index in [2.05, 4.69) is 24.1 Å². The topological polar surface area (TPSA) is 35.5 Å². The molecular weight excluding hydrogens is 236 g/mol. The molecule has 1 aliphatic rings. The number of benzene rings is 1. The summed E-state index contributed by atoms with van der Waals surface area (Å²) in [6.45, 7) is 8.91. The lowest BCUT2D eigenvalue weighted by atomic mass is 9.97. The molecule has 106 valence electrons. The highest BCUT2D eigenvalue weighted by molar-refractivity contribution is 5.25. The lowest BCUT2D eigenvalue weighted by Crippen LogP contribution is -2.40. The van der Waals surface area contributed by atoms with Gasteiger partial charge in [-0.3, -0.25) is 4.90 Å². The first-order valence-electron chi connectivity index (χ1n) is 7.37. The van der Waals surface area contributed by atoms with E-state index >= 15 is 0 Å². The molecule has 19 heavy (non-hydrogen) atoms. The smallest absolute Gasteiger partial charge is 0.115 e. The van der Waals surface area contributed by atoms with Crippen LogP contribution in [0.1, 0.15) is 32.3 Å². The Hall–Kier alpha value is -1.06. The van der Waals surface area contributed by atoms with Gasteiger partial charge in [0.2, 0.25) is 0 Å². The summed E-state index contributed by atoms with van der Waals surface area (Å²) in [5.41, 5.74) is 1.29. The van der Waals surface area contributed by atoms with Crippen molar-refractivity contribution >= 4 is 0 Å². The molecule has 1 atom stereocenters. The molecule has 0 saturated carbocycles. The summed E-state index contributed by atoms with van der Waals surface area (Å²) >= 11 is 0. The molecule has 0 bridgehead atoms. The van der Waals surface area contributed by atoms with Crippen LogP contribution in [0.4, 0.5) is 0 Å². The summed E-state index contributed by atoms with van der Waals surface area (Å²) in [7, 11) is 0. The Labute approximate surface area is 116 Å². The van der Waals surface area contributed by atoms with E-state index in [1.807, 2.05) is 12.1 Å². The zero-order chi connectivity index (χ0) is 13.7. The largest absolute Gasteiger partial charge is 0.508 e. The zero-order valence-electron chi connectivity index (χ0n) is 12.1. The van der Waals surface area contributed by atoms with E-state index in [-0.39, 0.29) is 0 Å². The summed E-state index contributed by atoms with van der Waals surface area (Å²) < 4.78 is 0. The fourth-order valence-corrected chi connectivity index (χ4v) is 2.72. The summed E-state index contributed by atoms with van der Waals surface area (Å²) in [4.78, 5) is 2.53. The minimum atomic E-state index is 0.349. The van der Waals surface area contributed by atoms with Crippen molar-refractivity contribution in [3.8, 4) is 5.75 Å². The van der Waals surface area contributed by atoms with Gasteiger partial charge in [0.05, 0.1) is 0 Å². The second-order valence-corrected chi connectivity index (χ2v) is 5.97. The minimum absolute atomic E-state index is 0.349. The van der Waals surface area contributed by atoms with E-state index in [9.17, 15) is 5.11 Å². The number of hydrogen-bond acceptors (Lipinski definition) is 3. The van der Waals surface area contributed by atoms with Crippen molar-refractivity contribution < 1.29 is 5.11 Å². The van der Waals surface area contributed by atoms with E-state index in [1.165, 1.54) is 31.5 Å². The van der Waals surface area contributed by atoms with Crippen LogP contribution in [0, 0.1) is 5.92 Å². The van der Waals surface area contributed by atoms with E-state index in [1.54, 1.807) is 12.1 Å². The molecule has 1 heterocycles. The maximum Gasteiger partial charge on any atom is 0.115 e. The third kappa shape index (κ3) is 4.84. The van der Waals surface area contributed by atoms with E-state index in [0.29, 0.717) is 11.8 Å². The molecule has 0 amide bonds. The van der Waals surface area contributed by atoms with Gasteiger partial charge < -0.3 is 10.4 Å². The lowest BCUT2D eigenvalue weighted by molar-refractivity contribution is 0.164. The average molecular weight is 262 g/mol. The van der Waals surface area contributed by atoms with Gasteiger partial charge in [-0.25, -0.2) is 0 Å². The number of phenols is 1. The number of piperidine rings is 1. The molecule has 2 N–H and O–H groups in total. The monoisotopic (exact) mass is 262 g/mol. The molecule has 1 aromatic carbocycles. The molecule has 1 fully saturated rings. The number of rotatable bonds is 5. The molecule has 1 aliphatic heterocycles. The Bertz CT molecular complexity index is 375. The molecule has 3 nitrogen and oxygen atoms in total. The lowest BCUT2D eigenvalue weighted by Gasteiger charge is -2.33. The van der Waals surface area contributed by atoms with Crippen molar-refractivity contribution in [2.75, 3.05) is 19.6 Å². The van der Waals surface area contributed by atoms with Crippen molar-refractivity contribution in [1.82, 2.24) is 10.2 Å². The van der Waals surface area contributed by atoms with Gasteiger partial charge in [0.15, 0.2) is 0 Å². The number of nitrogens with zero attached hydrogens (tertiary/aromatic N) is 1. The fourth-order valence-electron chi connectivity index (χ4n) is 2.72. The predicted molar refractivity (Wildman–Crippen MR) is 79.2 cm³/mol. The Kier molecular flexibility index (Phi) is 5.23. The number of likely N-dealkylation sites (tertiary alicyclic amines) is 1. The maximum absolute atomic E-state index is 9.30. The van der Waals surface area contributed by atoms with Crippen LogP contribution in [0.25, 0.3) is 0 Å². The predicted octanol–water partition coefficient (Wildman–Crippen LogP) is 2.60. The molecular formula is C16H26N2O. The number of aromatic hydroxyl groups is 1. The fraction of sp³-hybridized carbons (Fsp3) is 0.625. The van der Waals surface area contributed by atoms with Crippen LogP contribution in [0.5, 0.6) is 5.75 Å². The van der Waals surface area contributed by atoms with Crippen LogP contribution in [-0.4, -0.2) is 35.7 Å². The Morgan fingerprint density at radius 2 is 2.05 bits per heavy atom. The SMILES string of the molecule is CC(C)NCC1CCCN(Cc2ccc(O)cc2)C1. The van der Waals surface area contributed by atoms with E-state index in [4.69, 9.17) is 0 Å². The molecule has 0 aliphatic carbocycles. The van der Waals surface area contributed by atoms with Crippen molar-refractivity contribution in [3.05, 3.63) is 29.8 Å². The van der Waals surface area contributed by atoms with Gasteiger partial charge in [0.1, 0.15) is 5.75 Å². The van der Waals surface area contributed by atoms with Crippen molar-refractivity contribution in [2.45, 2.75) is 39.3 Å². The normalized spacial score (nSPS) is 20.9. The Morgan fingerprint density at radius 1 is 1.32 bits per heavy atom. The highest BCUT2D eigenvalue weighted by atomic mass is 16.3. The van der Waals surface area contributed by atoms with Crippen LogP contribution >= 0.6 is 0 Å². The van der Waals surface area contributed by atoms with Crippen LogP contribution in [0.3, 0.4) is 0 Å². The standard InChI is InChI=1S/C16H26N2O/c1-13(2)17-10-15-4-3-9-18(12-15)11-14-5-7-16(19)8-6-14/h5-8,13,15,17,19H,3-4,9-12H2,1-2H3. The molecule has 0 aromatic heterocycles. The van der Waals surface area contributed by atoms with Gasteiger partial charge in [0.25, 0.3) is 0 Å². The third-order valence-corrected chi connectivity index (χ3v) is 3.76. The summed E-state index contributed by atoms with van der Waals surface area (Å²) in [6, 6.07) is 8.16. The van der Waals surface area contributed by atoms with Gasteiger partial charge in [0, 0.05) is 19.1 Å². The third-order valence-electron chi connectivity index (χ3n) is 3.76. The van der Waals surface area contributed by atoms with Crippen LogP contribution in [-0.2, 0) is 6.54 Å². The van der Waals surface area contributed by atoms with Gasteiger partial charge in [-0.1, -0.05) is 26.0 Å². The van der Waals surface area contributed by atoms with Crippen molar-refractivity contribution in [3.63, 3.8) is 0 Å². The highest BCUT2D eigenvalue weighted by Gasteiger charge is 2.19. The van der Waals surface area contributed by atoms with Crippen molar-refractivity contribution in [1.29, 1.82) is 0 Å². The number of phenolic OH excluding ortho intramolecular Hbond substituents is 1. The summed E-state index contributed by atoms with van der Waals surface area (Å²) in [6.07, 6.45) is 2.63. The number of nitrogens with one attached hydrogen (secondary N) is 1. The second-order valence-electron chi connectivity index (χ2n) is 5.97. The molecule has 2 rings (SSSR count). The first kappa shape index (κ1) is 14.4. The average Bonchev–Trinajstić information content (AvgIpc) is 2.40. The second kappa shape index (κ2) is 6.92. The molecule has 1 unspecified atom stereocenters.